The molecule has 9 heteroatoms. The van der Waals surface area contributed by atoms with Gasteiger partial charge in [0.1, 0.15) is 5.69 Å². The van der Waals surface area contributed by atoms with E-state index in [0.717, 1.165) is 16.4 Å². The van der Waals surface area contributed by atoms with E-state index < -0.39 is 27.8 Å². The van der Waals surface area contributed by atoms with Crippen molar-refractivity contribution in [3.63, 3.8) is 0 Å². The largest absolute Gasteiger partial charge is 0.373 e. The number of nitrogens with zero attached hydrogens (tertiary/aromatic N) is 2. The predicted octanol–water partition coefficient (Wildman–Crippen LogP) is 1.13. The quantitative estimate of drug-likeness (QED) is 0.850. The minimum absolute atomic E-state index is 0.163. The van der Waals surface area contributed by atoms with Gasteiger partial charge >= 0.3 is 10.2 Å². The molecular formula is C11H15F2N3O3S. The standard InChI is InChI=1S/C11H15F2N3O3S/c1-7-5-16(6-8(2)19-7)20(17,18)15-9-3-4-10(12)14-11(9)13/h3-4,7-8,15H,5-6H2,1-2H3. The first kappa shape index (κ1) is 15.1. The van der Waals surface area contributed by atoms with Gasteiger partial charge in [-0.1, -0.05) is 0 Å². The molecule has 0 spiro atoms. The number of nitrogens with one attached hydrogen (secondary N) is 1. The Morgan fingerprint density at radius 3 is 2.45 bits per heavy atom. The first-order valence-corrected chi connectivity index (χ1v) is 7.47. The fourth-order valence-electron chi connectivity index (χ4n) is 2.02. The van der Waals surface area contributed by atoms with Crippen LogP contribution >= 0.6 is 0 Å². The van der Waals surface area contributed by atoms with E-state index in [4.69, 9.17) is 4.74 Å². The lowest BCUT2D eigenvalue weighted by Gasteiger charge is -2.34. The summed E-state index contributed by atoms with van der Waals surface area (Å²) in [6.07, 6.45) is -0.516. The van der Waals surface area contributed by atoms with E-state index >= 15 is 0 Å². The number of pyridine rings is 1. The molecule has 1 aromatic heterocycles. The first-order valence-electron chi connectivity index (χ1n) is 6.03. The number of anilines is 1. The molecule has 1 fully saturated rings. The Morgan fingerprint density at radius 1 is 1.30 bits per heavy atom. The molecule has 2 rings (SSSR count). The molecule has 0 bridgehead atoms. The van der Waals surface area contributed by atoms with Crippen LogP contribution in [0.4, 0.5) is 14.5 Å². The molecule has 2 heterocycles. The Labute approximate surface area is 115 Å². The number of halogens is 2. The lowest BCUT2D eigenvalue weighted by Crippen LogP contribution is -2.50. The van der Waals surface area contributed by atoms with Crippen LogP contribution in [-0.2, 0) is 14.9 Å². The van der Waals surface area contributed by atoms with E-state index in [9.17, 15) is 17.2 Å². The molecule has 1 aromatic rings. The lowest BCUT2D eigenvalue weighted by atomic mass is 10.3. The van der Waals surface area contributed by atoms with Crippen molar-refractivity contribution < 1.29 is 21.9 Å². The third-order valence-electron chi connectivity index (χ3n) is 2.78. The smallest absolute Gasteiger partial charge is 0.301 e. The molecule has 1 N–H and O–H groups in total. The van der Waals surface area contributed by atoms with Crippen LogP contribution in [0.3, 0.4) is 0 Å². The third kappa shape index (κ3) is 3.41. The zero-order valence-electron chi connectivity index (χ0n) is 11.0. The predicted molar refractivity (Wildman–Crippen MR) is 68.3 cm³/mol. The monoisotopic (exact) mass is 307 g/mol. The minimum atomic E-state index is -3.94. The molecule has 1 saturated heterocycles. The zero-order chi connectivity index (χ0) is 14.9. The summed E-state index contributed by atoms with van der Waals surface area (Å²) in [6, 6.07) is 1.87. The first-order chi connectivity index (χ1) is 9.28. The van der Waals surface area contributed by atoms with E-state index in [2.05, 4.69) is 9.71 Å². The molecule has 0 aromatic carbocycles. The van der Waals surface area contributed by atoms with Gasteiger partial charge < -0.3 is 4.74 Å². The van der Waals surface area contributed by atoms with Crippen molar-refractivity contribution in [1.29, 1.82) is 0 Å². The van der Waals surface area contributed by atoms with Crippen molar-refractivity contribution in [3.8, 4) is 0 Å². The van der Waals surface area contributed by atoms with Gasteiger partial charge in [0.05, 0.1) is 12.2 Å². The highest BCUT2D eigenvalue weighted by Gasteiger charge is 2.31. The lowest BCUT2D eigenvalue weighted by molar-refractivity contribution is -0.0439. The van der Waals surface area contributed by atoms with Crippen LogP contribution in [0.5, 0.6) is 0 Å². The molecule has 0 amide bonds. The van der Waals surface area contributed by atoms with Gasteiger partial charge in [-0.3, -0.25) is 4.72 Å². The average Bonchev–Trinajstić information content (AvgIpc) is 2.31. The van der Waals surface area contributed by atoms with Crippen LogP contribution in [0, 0.1) is 11.9 Å². The summed E-state index contributed by atoms with van der Waals surface area (Å²) in [5.74, 6) is -2.22. The molecule has 0 radical (unpaired) electrons. The topological polar surface area (TPSA) is 71.5 Å². The van der Waals surface area contributed by atoms with Crippen LogP contribution < -0.4 is 4.72 Å². The fraction of sp³-hybridized carbons (Fsp3) is 0.545. The highest BCUT2D eigenvalue weighted by Crippen LogP contribution is 2.19. The summed E-state index contributed by atoms with van der Waals surface area (Å²) >= 11 is 0. The molecule has 2 atom stereocenters. The van der Waals surface area contributed by atoms with Gasteiger partial charge in [-0.05, 0) is 26.0 Å². The highest BCUT2D eigenvalue weighted by atomic mass is 32.2. The van der Waals surface area contributed by atoms with Crippen molar-refractivity contribution in [2.75, 3.05) is 17.8 Å². The Hall–Kier alpha value is -1.32. The van der Waals surface area contributed by atoms with Crippen molar-refractivity contribution in [2.45, 2.75) is 26.1 Å². The Bertz CT molecular complexity index is 587. The molecule has 1 aliphatic heterocycles. The zero-order valence-corrected chi connectivity index (χ0v) is 11.8. The van der Waals surface area contributed by atoms with Crippen molar-refractivity contribution >= 4 is 15.9 Å². The summed E-state index contributed by atoms with van der Waals surface area (Å²) < 4.78 is 59.0. The van der Waals surface area contributed by atoms with E-state index in [-0.39, 0.29) is 25.3 Å². The van der Waals surface area contributed by atoms with Crippen LogP contribution in [0.25, 0.3) is 0 Å². The van der Waals surface area contributed by atoms with E-state index in [0.29, 0.717) is 0 Å². The molecule has 6 nitrogen and oxygen atoms in total. The summed E-state index contributed by atoms with van der Waals surface area (Å²) in [4.78, 5) is 2.93. The van der Waals surface area contributed by atoms with Gasteiger partial charge in [-0.15, -0.1) is 0 Å². The average molecular weight is 307 g/mol. The van der Waals surface area contributed by atoms with Gasteiger partial charge in [-0.25, -0.2) is 0 Å². The van der Waals surface area contributed by atoms with Gasteiger partial charge in [-0.2, -0.15) is 26.5 Å². The highest BCUT2D eigenvalue weighted by molar-refractivity contribution is 7.90. The molecule has 20 heavy (non-hydrogen) atoms. The van der Waals surface area contributed by atoms with Crippen LogP contribution in [-0.4, -0.2) is 43.0 Å². The SMILES string of the molecule is CC1CN(S(=O)(=O)Nc2ccc(F)nc2F)CC(C)O1. The summed E-state index contributed by atoms with van der Waals surface area (Å²) in [5.41, 5.74) is -0.391. The number of rotatable bonds is 3. The Kier molecular flexibility index (Phi) is 4.21. The molecule has 0 saturated carbocycles. The number of hydrogen-bond acceptors (Lipinski definition) is 4. The summed E-state index contributed by atoms with van der Waals surface area (Å²) in [6.45, 7) is 3.82. The number of hydrogen-bond donors (Lipinski definition) is 1. The molecule has 112 valence electrons. The van der Waals surface area contributed by atoms with Gasteiger partial charge in [0.15, 0.2) is 0 Å². The molecule has 2 unspecified atom stereocenters. The third-order valence-corrected chi connectivity index (χ3v) is 4.24. The van der Waals surface area contributed by atoms with Crippen molar-refractivity contribution in [1.82, 2.24) is 9.29 Å². The Balaban J connectivity index is 2.18. The normalized spacial score (nSPS) is 24.6. The maximum Gasteiger partial charge on any atom is 0.301 e. The van der Waals surface area contributed by atoms with Gasteiger partial charge in [0.25, 0.3) is 0 Å². The van der Waals surface area contributed by atoms with Crippen LogP contribution in [0.2, 0.25) is 0 Å². The molecular weight excluding hydrogens is 292 g/mol. The molecule has 1 aliphatic rings. The van der Waals surface area contributed by atoms with Crippen LogP contribution in [0.1, 0.15) is 13.8 Å². The van der Waals surface area contributed by atoms with Crippen LogP contribution in [0.15, 0.2) is 12.1 Å². The van der Waals surface area contributed by atoms with Crippen molar-refractivity contribution in [2.24, 2.45) is 0 Å². The van der Waals surface area contributed by atoms with Crippen molar-refractivity contribution in [3.05, 3.63) is 24.0 Å². The second kappa shape index (κ2) is 5.58. The summed E-state index contributed by atoms with van der Waals surface area (Å²) in [7, 11) is -3.94. The van der Waals surface area contributed by atoms with E-state index in [1.165, 1.54) is 0 Å². The summed E-state index contributed by atoms with van der Waals surface area (Å²) in [5, 5.41) is 0. The maximum atomic E-state index is 13.4. The number of aromatic nitrogens is 1. The van der Waals surface area contributed by atoms with Gasteiger partial charge in [0.2, 0.25) is 11.9 Å². The van der Waals surface area contributed by atoms with E-state index in [1.807, 2.05) is 0 Å². The number of ether oxygens (including phenoxy) is 1. The maximum absolute atomic E-state index is 13.4. The second-order valence-corrected chi connectivity index (χ2v) is 6.32. The molecule has 0 aliphatic carbocycles. The second-order valence-electron chi connectivity index (χ2n) is 4.65. The van der Waals surface area contributed by atoms with Gasteiger partial charge in [0, 0.05) is 13.1 Å². The number of morpholine rings is 1. The minimum Gasteiger partial charge on any atom is -0.373 e. The Morgan fingerprint density at radius 2 is 1.90 bits per heavy atom. The fourth-order valence-corrected chi connectivity index (χ4v) is 3.39. The van der Waals surface area contributed by atoms with E-state index in [1.54, 1.807) is 13.8 Å².